The highest BCUT2D eigenvalue weighted by molar-refractivity contribution is 6.93. The maximum atomic E-state index is 11.3. The van der Waals surface area contributed by atoms with Gasteiger partial charge in [0, 0.05) is 5.41 Å². The van der Waals surface area contributed by atoms with Gasteiger partial charge in [0.05, 0.1) is 0 Å². The second-order valence-electron chi connectivity index (χ2n) is 4.44. The topological polar surface area (TPSA) is 34.1 Å². The Labute approximate surface area is 67.6 Å². The summed E-state index contributed by atoms with van der Waals surface area (Å²) in [6.45, 7) is 7.63. The van der Waals surface area contributed by atoms with Crippen molar-refractivity contribution in [3.8, 4) is 0 Å². The second kappa shape index (κ2) is 1.96. The third kappa shape index (κ3) is 0.941. The lowest BCUT2D eigenvalue weighted by atomic mass is 9.50. The van der Waals surface area contributed by atoms with Gasteiger partial charge in [-0.15, -0.1) is 0 Å². The van der Waals surface area contributed by atoms with Crippen LogP contribution in [0.15, 0.2) is 0 Å². The molecule has 0 aliphatic carbocycles. The fraction of sp³-hybridized carbons (Fsp3) is 0.750. The van der Waals surface area contributed by atoms with Crippen molar-refractivity contribution in [3.05, 3.63) is 0 Å². The number of carbonyl (C=O) groups is 2. The zero-order valence-corrected chi connectivity index (χ0v) is 7.52. The van der Waals surface area contributed by atoms with E-state index >= 15 is 0 Å². The molecular weight excluding hydrogens is 139 g/mol. The van der Waals surface area contributed by atoms with Crippen LogP contribution in [-0.2, 0) is 9.59 Å². The quantitative estimate of drug-likeness (QED) is 0.379. The van der Waals surface area contributed by atoms with Gasteiger partial charge in [-0.3, -0.25) is 4.79 Å². The first-order chi connectivity index (χ1) is 4.79. The Bertz CT molecular complexity index is 228. The fourth-order valence-corrected chi connectivity index (χ4v) is 1.36. The zero-order valence-electron chi connectivity index (χ0n) is 7.52. The SMILES string of the molecule is CC1(C)BC(=O)C(=O)C1(C)C. The molecule has 0 bridgehead atoms. The first-order valence-corrected chi connectivity index (χ1v) is 3.87. The van der Waals surface area contributed by atoms with Crippen molar-refractivity contribution in [1.82, 2.24) is 0 Å². The average Bonchev–Trinajstić information content (AvgIpc) is 1.93. The number of Topliss-reactive ketones (excluding diaryl/α,β-unsaturated/α-hetero) is 1. The van der Waals surface area contributed by atoms with Crippen molar-refractivity contribution in [2.45, 2.75) is 33.0 Å². The molecule has 11 heavy (non-hydrogen) atoms. The molecular formula is C8H13BO2. The molecule has 0 aromatic rings. The Morgan fingerprint density at radius 2 is 1.55 bits per heavy atom. The van der Waals surface area contributed by atoms with E-state index < -0.39 is 5.41 Å². The average molecular weight is 152 g/mol. The van der Waals surface area contributed by atoms with Gasteiger partial charge in [-0.25, -0.2) is 0 Å². The van der Waals surface area contributed by atoms with E-state index in [1.165, 1.54) is 0 Å². The molecule has 2 nitrogen and oxygen atoms in total. The molecule has 1 heterocycles. The lowest BCUT2D eigenvalue weighted by Gasteiger charge is -2.31. The third-order valence-corrected chi connectivity index (χ3v) is 3.12. The molecule has 1 fully saturated rings. The van der Waals surface area contributed by atoms with Crippen molar-refractivity contribution >= 4 is 18.7 Å². The van der Waals surface area contributed by atoms with Gasteiger partial charge in [-0.1, -0.05) is 27.7 Å². The Kier molecular flexibility index (Phi) is 1.52. The molecule has 60 valence electrons. The highest BCUT2D eigenvalue weighted by Gasteiger charge is 2.53. The molecule has 0 radical (unpaired) electrons. The van der Waals surface area contributed by atoms with E-state index in [1.54, 1.807) is 0 Å². The molecule has 0 atom stereocenters. The van der Waals surface area contributed by atoms with E-state index in [0.29, 0.717) is 7.28 Å². The number of rotatable bonds is 0. The van der Waals surface area contributed by atoms with Crippen LogP contribution < -0.4 is 0 Å². The molecule has 0 N–H and O–H groups in total. The second-order valence-corrected chi connectivity index (χ2v) is 4.44. The van der Waals surface area contributed by atoms with E-state index in [9.17, 15) is 9.59 Å². The molecule has 3 heteroatoms. The van der Waals surface area contributed by atoms with E-state index in [4.69, 9.17) is 0 Å². The summed E-state index contributed by atoms with van der Waals surface area (Å²) in [6.07, 6.45) is 0. The molecule has 0 unspecified atom stereocenters. The predicted octanol–water partition coefficient (Wildman–Crippen LogP) is 0.757. The summed E-state index contributed by atoms with van der Waals surface area (Å²) in [5.74, 6) is -0.206. The summed E-state index contributed by atoms with van der Waals surface area (Å²) >= 11 is 0. The summed E-state index contributed by atoms with van der Waals surface area (Å²) < 4.78 is 0. The lowest BCUT2D eigenvalue weighted by Crippen LogP contribution is -2.28. The van der Waals surface area contributed by atoms with Gasteiger partial charge in [-0.05, 0) is 5.31 Å². The third-order valence-electron chi connectivity index (χ3n) is 3.12. The predicted molar refractivity (Wildman–Crippen MR) is 45.0 cm³/mol. The van der Waals surface area contributed by atoms with Crippen LogP contribution in [-0.4, -0.2) is 18.7 Å². The summed E-state index contributed by atoms with van der Waals surface area (Å²) in [6, 6.07) is 0. The van der Waals surface area contributed by atoms with Crippen molar-refractivity contribution in [3.63, 3.8) is 0 Å². The smallest absolute Gasteiger partial charge is 0.222 e. The van der Waals surface area contributed by atoms with Crippen molar-refractivity contribution in [2.24, 2.45) is 5.41 Å². The maximum Gasteiger partial charge on any atom is 0.222 e. The van der Waals surface area contributed by atoms with Gasteiger partial charge in [-0.2, -0.15) is 0 Å². The maximum absolute atomic E-state index is 11.3. The lowest BCUT2D eigenvalue weighted by molar-refractivity contribution is -0.136. The van der Waals surface area contributed by atoms with Crippen LogP contribution in [0.4, 0.5) is 0 Å². The fourth-order valence-electron chi connectivity index (χ4n) is 1.36. The van der Waals surface area contributed by atoms with Crippen LogP contribution in [0.25, 0.3) is 0 Å². The number of hydrogen-bond donors (Lipinski definition) is 0. The van der Waals surface area contributed by atoms with Crippen LogP contribution in [0.5, 0.6) is 0 Å². The Balaban J connectivity index is 3.12. The minimum absolute atomic E-state index is 0.166. The first-order valence-electron chi connectivity index (χ1n) is 3.87. The van der Waals surface area contributed by atoms with Gasteiger partial charge >= 0.3 is 0 Å². The molecule has 1 aliphatic heterocycles. The van der Waals surface area contributed by atoms with Gasteiger partial charge < -0.3 is 4.79 Å². The molecule has 0 amide bonds. The van der Waals surface area contributed by atoms with Crippen LogP contribution in [0.1, 0.15) is 27.7 Å². The molecule has 1 rings (SSSR count). The number of carbonyl (C=O) groups excluding carboxylic acids is 2. The Hall–Kier alpha value is -0.595. The highest BCUT2D eigenvalue weighted by atomic mass is 16.2. The van der Waals surface area contributed by atoms with Crippen LogP contribution in [0, 0.1) is 5.41 Å². The van der Waals surface area contributed by atoms with Crippen molar-refractivity contribution in [1.29, 1.82) is 0 Å². The van der Waals surface area contributed by atoms with Crippen molar-refractivity contribution < 1.29 is 9.59 Å². The molecule has 0 saturated carbocycles. The standard InChI is InChI=1S/C8H13BO2/c1-7(2)5(10)6(11)9-8(7,3)4/h9H,1-4H3. The molecule has 0 aromatic carbocycles. The van der Waals surface area contributed by atoms with Crippen LogP contribution >= 0.6 is 0 Å². The monoisotopic (exact) mass is 152 g/mol. The summed E-state index contributed by atoms with van der Waals surface area (Å²) in [7, 11) is 0.402. The van der Waals surface area contributed by atoms with Gasteiger partial charge in [0.15, 0.2) is 11.5 Å². The van der Waals surface area contributed by atoms with Gasteiger partial charge in [0.25, 0.3) is 0 Å². The minimum atomic E-state index is -0.468. The normalized spacial score (nSPS) is 26.9. The van der Waals surface area contributed by atoms with E-state index in [1.807, 2.05) is 27.7 Å². The summed E-state index contributed by atoms with van der Waals surface area (Å²) in [4.78, 5) is 22.3. The van der Waals surface area contributed by atoms with E-state index in [2.05, 4.69) is 0 Å². The molecule has 0 spiro atoms. The highest BCUT2D eigenvalue weighted by Crippen LogP contribution is 2.49. The first kappa shape index (κ1) is 8.50. The van der Waals surface area contributed by atoms with Gasteiger partial charge in [0.2, 0.25) is 7.28 Å². The van der Waals surface area contributed by atoms with Crippen molar-refractivity contribution in [2.75, 3.05) is 0 Å². The Morgan fingerprint density at radius 1 is 1.09 bits per heavy atom. The molecule has 1 aliphatic rings. The van der Waals surface area contributed by atoms with Crippen LogP contribution in [0.2, 0.25) is 5.31 Å². The molecule has 0 aromatic heterocycles. The number of hydrogen-bond acceptors (Lipinski definition) is 2. The minimum Gasteiger partial charge on any atom is -0.303 e. The van der Waals surface area contributed by atoms with Gasteiger partial charge in [0.1, 0.15) is 0 Å². The summed E-state index contributed by atoms with van der Waals surface area (Å²) in [5, 5.41) is -0.166. The largest absolute Gasteiger partial charge is 0.303 e. The Morgan fingerprint density at radius 3 is 1.64 bits per heavy atom. The van der Waals surface area contributed by atoms with E-state index in [-0.39, 0.29) is 16.8 Å². The number of ketones is 1. The zero-order chi connectivity index (χ0) is 8.86. The van der Waals surface area contributed by atoms with Crippen LogP contribution in [0.3, 0.4) is 0 Å². The van der Waals surface area contributed by atoms with E-state index in [0.717, 1.165) is 0 Å². The molecule has 1 saturated heterocycles. The summed E-state index contributed by atoms with van der Waals surface area (Å²) in [5.41, 5.74) is -0.677.